The van der Waals surface area contributed by atoms with Crippen molar-refractivity contribution in [1.82, 2.24) is 0 Å². The van der Waals surface area contributed by atoms with Gasteiger partial charge in [-0.3, -0.25) is 0 Å². The van der Waals surface area contributed by atoms with E-state index < -0.39 is 0 Å². The Morgan fingerprint density at radius 1 is 0.867 bits per heavy atom. The molecule has 0 spiro atoms. The quantitative estimate of drug-likeness (QED) is 0.286. The minimum Gasteiger partial charge on any atom is -0.378 e. The number of ether oxygens (including phenoxy) is 1. The minimum atomic E-state index is 0.264. The molecule has 0 amide bonds. The summed E-state index contributed by atoms with van der Waals surface area (Å²) in [6, 6.07) is 0. The van der Waals surface area contributed by atoms with Crippen LogP contribution in [0.25, 0.3) is 0 Å². The van der Waals surface area contributed by atoms with E-state index in [1.54, 1.807) is 0 Å². The van der Waals surface area contributed by atoms with Gasteiger partial charge < -0.3 is 9.57 Å². The van der Waals surface area contributed by atoms with Gasteiger partial charge in [0.1, 0.15) is 6.61 Å². The smallest absolute Gasteiger partial charge is 0.155 e. The molecular weight excluding hydrogens is 194 g/mol. The summed E-state index contributed by atoms with van der Waals surface area (Å²) in [6.07, 6.45) is 8.98. The zero-order chi connectivity index (χ0) is 11.2. The molecule has 0 aromatic heterocycles. The van der Waals surface area contributed by atoms with Crippen molar-refractivity contribution in [2.75, 3.05) is 19.8 Å². The molecule has 90 valence electrons. The molecule has 15 heavy (non-hydrogen) atoms. The summed E-state index contributed by atoms with van der Waals surface area (Å²) in [6.45, 7) is 3.71. The average molecular weight is 217 g/mol. The van der Waals surface area contributed by atoms with E-state index in [-0.39, 0.29) is 6.61 Å². The van der Waals surface area contributed by atoms with Crippen LogP contribution < -0.4 is 0 Å². The lowest BCUT2D eigenvalue weighted by Gasteiger charge is -2.02. The van der Waals surface area contributed by atoms with E-state index >= 15 is 0 Å². The minimum absolute atomic E-state index is 0.264. The third kappa shape index (κ3) is 13.4. The lowest BCUT2D eigenvalue weighted by Crippen LogP contribution is -2.02. The van der Waals surface area contributed by atoms with E-state index in [4.69, 9.17) is 4.74 Å². The lowest BCUT2D eigenvalue weighted by molar-refractivity contribution is 0.0472. The van der Waals surface area contributed by atoms with Crippen LogP contribution in [0.4, 0.5) is 0 Å². The van der Waals surface area contributed by atoms with Crippen LogP contribution in [0.3, 0.4) is 0 Å². The van der Waals surface area contributed by atoms with Crippen molar-refractivity contribution in [1.29, 1.82) is 0 Å². The molecule has 0 aliphatic heterocycles. The van der Waals surface area contributed by atoms with Gasteiger partial charge in [0.15, 0.2) is 5.34 Å². The van der Waals surface area contributed by atoms with Gasteiger partial charge in [0, 0.05) is 6.61 Å². The average Bonchev–Trinajstić information content (AvgIpc) is 2.26. The van der Waals surface area contributed by atoms with Gasteiger partial charge in [0.05, 0.1) is 6.61 Å². The van der Waals surface area contributed by atoms with Gasteiger partial charge in [0.2, 0.25) is 0 Å². The first-order chi connectivity index (χ1) is 7.41. The third-order valence-electron chi connectivity index (χ3n) is 2.26. The van der Waals surface area contributed by atoms with Gasteiger partial charge in [-0.05, 0) is 6.42 Å². The Labute approximate surface area is 92.3 Å². The molecule has 0 aromatic rings. The van der Waals surface area contributed by atoms with Gasteiger partial charge >= 0.3 is 0 Å². The highest BCUT2D eigenvalue weighted by molar-refractivity contribution is 4.44. The van der Waals surface area contributed by atoms with Crippen LogP contribution in [0.2, 0.25) is 0 Å². The molecule has 0 radical (unpaired) electrons. The second-order valence-corrected chi connectivity index (χ2v) is 3.64. The number of nitrogens with zero attached hydrogens (tertiary/aromatic N) is 1. The summed E-state index contributed by atoms with van der Waals surface area (Å²) >= 11 is 0. The second kappa shape index (κ2) is 13.4. The van der Waals surface area contributed by atoms with Crippen LogP contribution in [0.15, 0.2) is 5.34 Å². The topological polar surface area (TPSA) is 47.9 Å². The summed E-state index contributed by atoms with van der Waals surface area (Å²) in [4.78, 5) is 13.8. The fourth-order valence-corrected chi connectivity index (χ4v) is 1.40. The monoisotopic (exact) mass is 217 g/mol. The molecule has 0 saturated carbocycles. The molecule has 0 bridgehead atoms. The van der Waals surface area contributed by atoms with Crippen molar-refractivity contribution in [3.8, 4) is 0 Å². The maximum atomic E-state index is 9.54. The van der Waals surface area contributed by atoms with Gasteiger partial charge in [-0.1, -0.05) is 45.4 Å². The predicted molar refractivity (Wildman–Crippen MR) is 60.6 cm³/mol. The van der Waals surface area contributed by atoms with Gasteiger partial charge in [-0.2, -0.15) is 0 Å². The van der Waals surface area contributed by atoms with Crippen LogP contribution in [-0.4, -0.2) is 19.8 Å². The summed E-state index contributed by atoms with van der Waals surface area (Å²) in [5.41, 5.74) is 0. The third-order valence-corrected chi connectivity index (χ3v) is 2.26. The fourth-order valence-electron chi connectivity index (χ4n) is 1.40. The van der Waals surface area contributed by atoms with E-state index in [0.29, 0.717) is 6.61 Å². The van der Waals surface area contributed by atoms with Crippen LogP contribution >= 0.6 is 0 Å². The number of hydrogen-bond acceptors (Lipinski definition) is 4. The maximum Gasteiger partial charge on any atom is 0.155 e. The summed E-state index contributed by atoms with van der Waals surface area (Å²) < 4.78 is 5.24. The SMILES string of the molecule is CCCCCCCCCOCCON=O. The first-order valence-electron chi connectivity index (χ1n) is 5.94. The van der Waals surface area contributed by atoms with E-state index in [0.717, 1.165) is 13.0 Å². The molecule has 0 atom stereocenters. The summed E-state index contributed by atoms with van der Waals surface area (Å²) in [5.74, 6) is 0. The zero-order valence-corrected chi connectivity index (χ0v) is 9.74. The second-order valence-electron chi connectivity index (χ2n) is 3.64. The highest BCUT2D eigenvalue weighted by atomic mass is 16.7. The van der Waals surface area contributed by atoms with E-state index in [1.165, 1.54) is 38.5 Å². The molecule has 0 aliphatic carbocycles. The van der Waals surface area contributed by atoms with Crippen LogP contribution in [-0.2, 0) is 9.57 Å². The van der Waals surface area contributed by atoms with Crippen molar-refractivity contribution in [2.45, 2.75) is 51.9 Å². The summed E-state index contributed by atoms with van der Waals surface area (Å²) in [5, 5.41) is 2.28. The zero-order valence-electron chi connectivity index (χ0n) is 9.74. The van der Waals surface area contributed by atoms with Crippen molar-refractivity contribution >= 4 is 0 Å². The Morgan fingerprint density at radius 3 is 2.20 bits per heavy atom. The first-order valence-corrected chi connectivity index (χ1v) is 5.94. The standard InChI is InChI=1S/C11H23NO3/c1-2-3-4-5-6-7-8-9-14-10-11-15-12-13/h2-11H2,1H3. The fraction of sp³-hybridized carbons (Fsp3) is 1.00. The molecular formula is C11H23NO3. The highest BCUT2D eigenvalue weighted by Crippen LogP contribution is 2.06. The normalized spacial score (nSPS) is 10.2. The first kappa shape index (κ1) is 14.4. The van der Waals surface area contributed by atoms with Crippen LogP contribution in [0.1, 0.15) is 51.9 Å². The van der Waals surface area contributed by atoms with Crippen LogP contribution in [0.5, 0.6) is 0 Å². The van der Waals surface area contributed by atoms with Gasteiger partial charge in [0.25, 0.3) is 0 Å². The highest BCUT2D eigenvalue weighted by Gasteiger charge is 1.92. The molecule has 4 nitrogen and oxygen atoms in total. The molecule has 0 unspecified atom stereocenters. The van der Waals surface area contributed by atoms with Crippen molar-refractivity contribution < 1.29 is 9.57 Å². The summed E-state index contributed by atoms with van der Waals surface area (Å²) in [7, 11) is 0. The number of rotatable bonds is 12. The Bertz CT molecular complexity index is 131. The van der Waals surface area contributed by atoms with Crippen LogP contribution in [0, 0.1) is 4.91 Å². The Morgan fingerprint density at radius 2 is 1.53 bits per heavy atom. The number of hydrogen-bond donors (Lipinski definition) is 0. The largest absolute Gasteiger partial charge is 0.378 e. The molecule has 0 rings (SSSR count). The molecule has 0 aliphatic rings. The van der Waals surface area contributed by atoms with Crippen molar-refractivity contribution in [3.63, 3.8) is 0 Å². The number of unbranched alkanes of at least 4 members (excludes halogenated alkanes) is 6. The van der Waals surface area contributed by atoms with Gasteiger partial charge in [-0.15, -0.1) is 4.91 Å². The maximum absolute atomic E-state index is 9.54. The predicted octanol–water partition coefficient (Wildman–Crippen LogP) is 3.45. The molecule has 0 N–H and O–H groups in total. The van der Waals surface area contributed by atoms with E-state index in [2.05, 4.69) is 17.1 Å². The Kier molecular flexibility index (Phi) is 12.8. The van der Waals surface area contributed by atoms with E-state index in [1.807, 2.05) is 0 Å². The molecule has 0 heterocycles. The Hall–Kier alpha value is -0.640. The lowest BCUT2D eigenvalue weighted by atomic mass is 10.1. The Balaban J connectivity index is 2.83. The van der Waals surface area contributed by atoms with Gasteiger partial charge in [-0.25, -0.2) is 0 Å². The van der Waals surface area contributed by atoms with Crippen molar-refractivity contribution in [2.24, 2.45) is 5.34 Å². The van der Waals surface area contributed by atoms with E-state index in [9.17, 15) is 4.91 Å². The molecule has 0 saturated heterocycles. The molecule has 0 fully saturated rings. The van der Waals surface area contributed by atoms with Crippen molar-refractivity contribution in [3.05, 3.63) is 4.91 Å². The molecule has 4 heteroatoms. The molecule has 0 aromatic carbocycles.